The summed E-state index contributed by atoms with van der Waals surface area (Å²) >= 11 is 5.81. The first-order chi connectivity index (χ1) is 11.0. The fraction of sp³-hybridized carbons (Fsp3) is 0.188. The largest absolute Gasteiger partial charge is 0.497 e. The summed E-state index contributed by atoms with van der Waals surface area (Å²) in [5.74, 6) is 0.236. The molecule has 2 aromatic carbocycles. The number of carbonyl (C=O) groups excluding carboxylic acids is 1. The standard InChI is InChI=1S/C16H15ClN2O4/c1-23-13-5-2-11(3-6-13)8-9-18-16(20)14-10-12(17)4-7-15(14)19(21)22/h2-7,10H,8-9H2,1H3,(H,18,20). The molecule has 23 heavy (non-hydrogen) atoms. The maximum absolute atomic E-state index is 12.1. The molecule has 0 aromatic heterocycles. The fourth-order valence-corrected chi connectivity index (χ4v) is 2.23. The van der Waals surface area contributed by atoms with Gasteiger partial charge in [-0.25, -0.2) is 0 Å². The van der Waals surface area contributed by atoms with Crippen molar-refractivity contribution in [3.05, 3.63) is 68.7 Å². The molecule has 0 radical (unpaired) electrons. The Labute approximate surface area is 138 Å². The molecule has 2 rings (SSSR count). The quantitative estimate of drug-likeness (QED) is 0.649. The Morgan fingerprint density at radius 3 is 2.57 bits per heavy atom. The van der Waals surface area contributed by atoms with Gasteiger partial charge in [-0.05, 0) is 36.2 Å². The molecule has 0 saturated carbocycles. The van der Waals surface area contributed by atoms with Crippen LogP contribution in [0.3, 0.4) is 0 Å². The first kappa shape index (κ1) is 16.8. The third-order valence-electron chi connectivity index (χ3n) is 3.26. The topological polar surface area (TPSA) is 81.5 Å². The number of halogens is 1. The van der Waals surface area contributed by atoms with Crippen molar-refractivity contribution >= 4 is 23.2 Å². The van der Waals surface area contributed by atoms with Crippen molar-refractivity contribution in [2.45, 2.75) is 6.42 Å². The number of nitrogens with zero attached hydrogens (tertiary/aromatic N) is 1. The van der Waals surface area contributed by atoms with Crippen LogP contribution in [0.25, 0.3) is 0 Å². The number of nitro benzene ring substituents is 1. The lowest BCUT2D eigenvalue weighted by atomic mass is 10.1. The number of hydrogen-bond donors (Lipinski definition) is 1. The molecule has 6 nitrogen and oxygen atoms in total. The van der Waals surface area contributed by atoms with Gasteiger partial charge in [-0.3, -0.25) is 14.9 Å². The highest BCUT2D eigenvalue weighted by atomic mass is 35.5. The molecule has 1 amide bonds. The van der Waals surface area contributed by atoms with Gasteiger partial charge in [0, 0.05) is 17.6 Å². The molecule has 0 saturated heterocycles. The van der Waals surface area contributed by atoms with E-state index in [2.05, 4.69) is 5.32 Å². The van der Waals surface area contributed by atoms with Gasteiger partial charge in [0.25, 0.3) is 11.6 Å². The van der Waals surface area contributed by atoms with Crippen LogP contribution in [0.5, 0.6) is 5.75 Å². The SMILES string of the molecule is COc1ccc(CCNC(=O)c2cc(Cl)ccc2[N+](=O)[O-])cc1. The van der Waals surface area contributed by atoms with Crippen LogP contribution in [0, 0.1) is 10.1 Å². The molecule has 0 bridgehead atoms. The molecule has 2 aromatic rings. The monoisotopic (exact) mass is 334 g/mol. The van der Waals surface area contributed by atoms with Gasteiger partial charge in [-0.1, -0.05) is 23.7 Å². The minimum Gasteiger partial charge on any atom is -0.497 e. The Bertz CT molecular complexity index is 717. The lowest BCUT2D eigenvalue weighted by Crippen LogP contribution is -2.26. The summed E-state index contributed by atoms with van der Waals surface area (Å²) in [6.45, 7) is 0.356. The van der Waals surface area contributed by atoms with Gasteiger partial charge < -0.3 is 10.1 Å². The van der Waals surface area contributed by atoms with Crippen molar-refractivity contribution in [3.8, 4) is 5.75 Å². The predicted octanol–water partition coefficient (Wildman–Crippen LogP) is 3.23. The van der Waals surface area contributed by atoms with Crippen molar-refractivity contribution in [3.63, 3.8) is 0 Å². The van der Waals surface area contributed by atoms with E-state index in [9.17, 15) is 14.9 Å². The zero-order valence-electron chi connectivity index (χ0n) is 12.4. The van der Waals surface area contributed by atoms with Crippen LogP contribution >= 0.6 is 11.6 Å². The third kappa shape index (κ3) is 4.43. The highest BCUT2D eigenvalue weighted by Crippen LogP contribution is 2.22. The first-order valence-electron chi connectivity index (χ1n) is 6.86. The number of methoxy groups -OCH3 is 1. The average molecular weight is 335 g/mol. The number of hydrogen-bond acceptors (Lipinski definition) is 4. The first-order valence-corrected chi connectivity index (χ1v) is 7.24. The Morgan fingerprint density at radius 2 is 1.96 bits per heavy atom. The van der Waals surface area contributed by atoms with Crippen LogP contribution in [0.4, 0.5) is 5.69 Å². The van der Waals surface area contributed by atoms with E-state index in [0.717, 1.165) is 11.3 Å². The summed E-state index contributed by atoms with van der Waals surface area (Å²) in [6, 6.07) is 11.4. The fourth-order valence-electron chi connectivity index (χ4n) is 2.06. The second-order valence-electron chi connectivity index (χ2n) is 4.77. The van der Waals surface area contributed by atoms with E-state index in [1.807, 2.05) is 24.3 Å². The van der Waals surface area contributed by atoms with Crippen LogP contribution in [-0.2, 0) is 6.42 Å². The van der Waals surface area contributed by atoms with E-state index in [-0.39, 0.29) is 16.3 Å². The van der Waals surface area contributed by atoms with Crippen molar-refractivity contribution in [1.29, 1.82) is 0 Å². The van der Waals surface area contributed by atoms with Gasteiger partial charge in [0.2, 0.25) is 0 Å². The van der Waals surface area contributed by atoms with E-state index < -0.39 is 10.8 Å². The summed E-state index contributed by atoms with van der Waals surface area (Å²) in [4.78, 5) is 22.5. The zero-order valence-corrected chi connectivity index (χ0v) is 13.2. The van der Waals surface area contributed by atoms with Gasteiger partial charge in [0.1, 0.15) is 11.3 Å². The molecule has 120 valence electrons. The number of carbonyl (C=O) groups is 1. The summed E-state index contributed by atoms with van der Waals surface area (Å²) in [7, 11) is 1.59. The van der Waals surface area contributed by atoms with E-state index in [0.29, 0.717) is 13.0 Å². The molecule has 7 heteroatoms. The minimum absolute atomic E-state index is 0.0442. The van der Waals surface area contributed by atoms with Crippen LogP contribution in [0.2, 0.25) is 5.02 Å². The van der Waals surface area contributed by atoms with E-state index in [1.165, 1.54) is 18.2 Å². The highest BCUT2D eigenvalue weighted by Gasteiger charge is 2.20. The average Bonchev–Trinajstić information content (AvgIpc) is 2.55. The van der Waals surface area contributed by atoms with Crippen LogP contribution in [0.1, 0.15) is 15.9 Å². The number of rotatable bonds is 6. The zero-order chi connectivity index (χ0) is 16.8. The minimum atomic E-state index is -0.602. The molecule has 0 heterocycles. The Morgan fingerprint density at radius 1 is 1.26 bits per heavy atom. The molecule has 0 aliphatic carbocycles. The van der Waals surface area contributed by atoms with Crippen LogP contribution in [-0.4, -0.2) is 24.5 Å². The van der Waals surface area contributed by atoms with Gasteiger partial charge >= 0.3 is 0 Å². The highest BCUT2D eigenvalue weighted by molar-refractivity contribution is 6.31. The molecular weight excluding hydrogens is 320 g/mol. The van der Waals surface area contributed by atoms with Crippen LogP contribution in [0.15, 0.2) is 42.5 Å². The molecule has 1 N–H and O–H groups in total. The lowest BCUT2D eigenvalue weighted by molar-refractivity contribution is -0.385. The van der Waals surface area contributed by atoms with Crippen LogP contribution < -0.4 is 10.1 Å². The third-order valence-corrected chi connectivity index (χ3v) is 3.49. The molecule has 0 fully saturated rings. The number of amides is 1. The Kier molecular flexibility index (Phi) is 5.54. The molecule has 0 atom stereocenters. The number of benzene rings is 2. The van der Waals surface area contributed by atoms with Crippen molar-refractivity contribution in [1.82, 2.24) is 5.32 Å². The predicted molar refractivity (Wildman–Crippen MR) is 87.1 cm³/mol. The van der Waals surface area contributed by atoms with Gasteiger partial charge in [0.05, 0.1) is 12.0 Å². The van der Waals surface area contributed by atoms with E-state index in [1.54, 1.807) is 7.11 Å². The van der Waals surface area contributed by atoms with Crippen molar-refractivity contribution < 1.29 is 14.5 Å². The Balaban J connectivity index is 1.99. The summed E-state index contributed by atoms with van der Waals surface area (Å²) < 4.78 is 5.07. The number of ether oxygens (including phenoxy) is 1. The second kappa shape index (κ2) is 7.60. The summed E-state index contributed by atoms with van der Waals surface area (Å²) in [5, 5.41) is 13.9. The summed E-state index contributed by atoms with van der Waals surface area (Å²) in [5.41, 5.74) is 0.709. The van der Waals surface area contributed by atoms with Gasteiger partial charge in [-0.15, -0.1) is 0 Å². The second-order valence-corrected chi connectivity index (χ2v) is 5.21. The molecule has 0 spiro atoms. The Hall–Kier alpha value is -2.60. The normalized spacial score (nSPS) is 10.2. The maximum atomic E-state index is 12.1. The molecule has 0 unspecified atom stereocenters. The van der Waals surface area contributed by atoms with Crippen molar-refractivity contribution in [2.24, 2.45) is 0 Å². The summed E-state index contributed by atoms with van der Waals surface area (Å²) in [6.07, 6.45) is 0.601. The molecule has 0 aliphatic heterocycles. The molecule has 0 aliphatic rings. The van der Waals surface area contributed by atoms with Gasteiger partial charge in [-0.2, -0.15) is 0 Å². The molecular formula is C16H15ClN2O4. The number of nitro groups is 1. The number of nitrogens with one attached hydrogen (secondary N) is 1. The lowest BCUT2D eigenvalue weighted by Gasteiger charge is -2.07. The van der Waals surface area contributed by atoms with E-state index >= 15 is 0 Å². The van der Waals surface area contributed by atoms with E-state index in [4.69, 9.17) is 16.3 Å². The smallest absolute Gasteiger partial charge is 0.282 e. The van der Waals surface area contributed by atoms with Gasteiger partial charge in [0.15, 0.2) is 0 Å². The van der Waals surface area contributed by atoms with Crippen molar-refractivity contribution in [2.75, 3.05) is 13.7 Å². The maximum Gasteiger partial charge on any atom is 0.282 e.